The normalized spacial score (nSPS) is 10.8. The van der Waals surface area contributed by atoms with E-state index in [1.54, 1.807) is 19.1 Å². The summed E-state index contributed by atoms with van der Waals surface area (Å²) in [7, 11) is 0. The summed E-state index contributed by atoms with van der Waals surface area (Å²) >= 11 is 0. The molecule has 0 aliphatic rings. The molecular formula is C22H23FN2O3. The first-order valence-corrected chi connectivity index (χ1v) is 9.25. The number of para-hydroxylation sites is 1. The van der Waals surface area contributed by atoms with Gasteiger partial charge in [0.15, 0.2) is 6.61 Å². The number of carbonyl (C=O) groups is 2. The number of amides is 1. The lowest BCUT2D eigenvalue weighted by Gasteiger charge is -2.07. The molecule has 0 radical (unpaired) electrons. The van der Waals surface area contributed by atoms with E-state index in [-0.39, 0.29) is 25.4 Å². The average Bonchev–Trinajstić information content (AvgIpc) is 3.10. The number of aryl methyl sites for hydroxylation is 2. The van der Waals surface area contributed by atoms with Gasteiger partial charge in [-0.15, -0.1) is 0 Å². The van der Waals surface area contributed by atoms with Gasteiger partial charge in [0.2, 0.25) is 0 Å². The SMILES string of the molecule is Cc1ccc(CNC(=O)COC(=O)CCCc2c[nH]c3ccccc23)cc1F. The van der Waals surface area contributed by atoms with Crippen molar-refractivity contribution in [1.82, 2.24) is 10.3 Å². The molecule has 6 heteroatoms. The standard InChI is InChI=1S/C22H23FN2O3/c1-15-9-10-16(11-19(15)23)12-25-21(26)14-28-22(27)8-4-5-17-13-24-20-7-3-2-6-18(17)20/h2-3,6-7,9-11,13,24H,4-5,8,12,14H2,1H3,(H,25,26). The number of ether oxygens (including phenoxy) is 1. The highest BCUT2D eigenvalue weighted by Crippen LogP contribution is 2.19. The molecule has 0 saturated heterocycles. The first-order chi connectivity index (χ1) is 13.5. The molecule has 2 aromatic carbocycles. The quantitative estimate of drug-likeness (QED) is 0.582. The van der Waals surface area contributed by atoms with Gasteiger partial charge in [-0.3, -0.25) is 9.59 Å². The predicted octanol–water partition coefficient (Wildman–Crippen LogP) is 3.80. The number of benzene rings is 2. The Bertz CT molecular complexity index is 981. The number of nitrogens with one attached hydrogen (secondary N) is 2. The lowest BCUT2D eigenvalue weighted by Crippen LogP contribution is -2.28. The Hall–Kier alpha value is -3.15. The van der Waals surface area contributed by atoms with Gasteiger partial charge in [0.1, 0.15) is 5.82 Å². The van der Waals surface area contributed by atoms with Gasteiger partial charge >= 0.3 is 5.97 Å². The number of carbonyl (C=O) groups excluding carboxylic acids is 2. The Kier molecular flexibility index (Phi) is 6.42. The zero-order valence-corrected chi connectivity index (χ0v) is 15.8. The third kappa shape index (κ3) is 5.19. The second-order valence-electron chi connectivity index (χ2n) is 6.73. The van der Waals surface area contributed by atoms with Crippen LogP contribution in [0.15, 0.2) is 48.7 Å². The number of fused-ring (bicyclic) bond motifs is 1. The number of aromatic nitrogens is 1. The van der Waals surface area contributed by atoms with E-state index < -0.39 is 11.9 Å². The molecule has 28 heavy (non-hydrogen) atoms. The van der Waals surface area contributed by atoms with Crippen LogP contribution >= 0.6 is 0 Å². The zero-order chi connectivity index (χ0) is 19.9. The first-order valence-electron chi connectivity index (χ1n) is 9.25. The smallest absolute Gasteiger partial charge is 0.306 e. The molecule has 3 aromatic rings. The lowest BCUT2D eigenvalue weighted by molar-refractivity contribution is -0.148. The largest absolute Gasteiger partial charge is 0.456 e. The van der Waals surface area contributed by atoms with Crippen molar-refractivity contribution in [3.8, 4) is 0 Å². The summed E-state index contributed by atoms with van der Waals surface area (Å²) in [6.07, 6.45) is 3.60. The molecule has 1 amide bonds. The minimum atomic E-state index is -0.411. The highest BCUT2D eigenvalue weighted by Gasteiger charge is 2.09. The Morgan fingerprint density at radius 3 is 2.82 bits per heavy atom. The molecular weight excluding hydrogens is 359 g/mol. The molecule has 0 fully saturated rings. The van der Waals surface area contributed by atoms with E-state index in [1.807, 2.05) is 30.5 Å². The lowest BCUT2D eigenvalue weighted by atomic mass is 10.1. The van der Waals surface area contributed by atoms with Crippen LogP contribution in [-0.2, 0) is 27.3 Å². The van der Waals surface area contributed by atoms with Crippen LogP contribution in [0.2, 0.25) is 0 Å². The third-order valence-electron chi connectivity index (χ3n) is 4.59. The van der Waals surface area contributed by atoms with E-state index in [4.69, 9.17) is 4.74 Å². The molecule has 2 N–H and O–H groups in total. The molecule has 146 valence electrons. The molecule has 0 saturated carbocycles. The fourth-order valence-corrected chi connectivity index (χ4v) is 2.98. The fourth-order valence-electron chi connectivity index (χ4n) is 2.98. The zero-order valence-electron chi connectivity index (χ0n) is 15.8. The monoisotopic (exact) mass is 382 g/mol. The van der Waals surface area contributed by atoms with Crippen LogP contribution < -0.4 is 5.32 Å². The molecule has 5 nitrogen and oxygen atoms in total. The third-order valence-corrected chi connectivity index (χ3v) is 4.59. The topological polar surface area (TPSA) is 71.2 Å². The molecule has 1 aromatic heterocycles. The second-order valence-corrected chi connectivity index (χ2v) is 6.73. The van der Waals surface area contributed by atoms with Crippen molar-refractivity contribution >= 4 is 22.8 Å². The summed E-state index contributed by atoms with van der Waals surface area (Å²) in [5.41, 5.74) is 3.44. The summed E-state index contributed by atoms with van der Waals surface area (Å²) in [5.74, 6) is -1.13. The Morgan fingerprint density at radius 2 is 2.00 bits per heavy atom. The first kappa shape index (κ1) is 19.6. The number of aromatic amines is 1. The average molecular weight is 382 g/mol. The number of hydrogen-bond acceptors (Lipinski definition) is 3. The minimum Gasteiger partial charge on any atom is -0.456 e. The van der Waals surface area contributed by atoms with E-state index in [9.17, 15) is 14.0 Å². The number of H-pyrrole nitrogens is 1. The number of hydrogen-bond donors (Lipinski definition) is 2. The van der Waals surface area contributed by atoms with Crippen molar-refractivity contribution in [2.24, 2.45) is 0 Å². The van der Waals surface area contributed by atoms with Gasteiger partial charge in [0.05, 0.1) is 0 Å². The molecule has 0 unspecified atom stereocenters. The van der Waals surface area contributed by atoms with Crippen LogP contribution in [0, 0.1) is 12.7 Å². The number of esters is 1. The van der Waals surface area contributed by atoms with Crippen LogP contribution in [0.4, 0.5) is 4.39 Å². The Morgan fingerprint density at radius 1 is 1.18 bits per heavy atom. The van der Waals surface area contributed by atoms with Crippen molar-refractivity contribution in [2.45, 2.75) is 32.7 Å². The molecule has 0 bridgehead atoms. The fraction of sp³-hybridized carbons (Fsp3) is 0.273. The van der Waals surface area contributed by atoms with E-state index >= 15 is 0 Å². The van der Waals surface area contributed by atoms with Gasteiger partial charge in [-0.2, -0.15) is 0 Å². The molecule has 3 rings (SSSR count). The van der Waals surface area contributed by atoms with Gasteiger partial charge in [-0.05, 0) is 48.6 Å². The summed E-state index contributed by atoms with van der Waals surface area (Å²) in [4.78, 5) is 26.8. The van der Waals surface area contributed by atoms with Crippen LogP contribution in [0.1, 0.15) is 29.5 Å². The van der Waals surface area contributed by atoms with E-state index in [0.29, 0.717) is 17.5 Å². The van der Waals surface area contributed by atoms with Crippen molar-refractivity contribution < 1.29 is 18.7 Å². The molecule has 1 heterocycles. The van der Waals surface area contributed by atoms with Crippen LogP contribution in [0.25, 0.3) is 10.9 Å². The van der Waals surface area contributed by atoms with Crippen LogP contribution in [-0.4, -0.2) is 23.5 Å². The van der Waals surface area contributed by atoms with Gasteiger partial charge in [-0.25, -0.2) is 4.39 Å². The Balaban J connectivity index is 1.35. The maximum atomic E-state index is 13.5. The maximum Gasteiger partial charge on any atom is 0.306 e. The van der Waals surface area contributed by atoms with Crippen molar-refractivity contribution in [2.75, 3.05) is 6.61 Å². The highest BCUT2D eigenvalue weighted by molar-refractivity contribution is 5.83. The summed E-state index contributed by atoms with van der Waals surface area (Å²) in [6.45, 7) is 1.53. The summed E-state index contributed by atoms with van der Waals surface area (Å²) in [5, 5.41) is 3.77. The van der Waals surface area contributed by atoms with E-state index in [2.05, 4.69) is 10.3 Å². The molecule has 0 aliphatic heterocycles. The maximum absolute atomic E-state index is 13.5. The van der Waals surface area contributed by atoms with Crippen LogP contribution in [0.5, 0.6) is 0 Å². The van der Waals surface area contributed by atoms with Gasteiger partial charge in [-0.1, -0.05) is 30.3 Å². The Labute approximate surface area is 162 Å². The molecule has 0 aliphatic carbocycles. The van der Waals surface area contributed by atoms with Gasteiger partial charge in [0.25, 0.3) is 5.91 Å². The summed E-state index contributed by atoms with van der Waals surface area (Å²) in [6, 6.07) is 12.8. The van der Waals surface area contributed by atoms with E-state index in [1.165, 1.54) is 6.07 Å². The van der Waals surface area contributed by atoms with Gasteiger partial charge < -0.3 is 15.0 Å². The van der Waals surface area contributed by atoms with E-state index in [0.717, 1.165) is 22.9 Å². The summed E-state index contributed by atoms with van der Waals surface area (Å²) < 4.78 is 18.5. The molecule has 0 atom stereocenters. The highest BCUT2D eigenvalue weighted by atomic mass is 19.1. The van der Waals surface area contributed by atoms with Crippen LogP contribution in [0.3, 0.4) is 0 Å². The minimum absolute atomic E-state index is 0.189. The van der Waals surface area contributed by atoms with Gasteiger partial charge in [0, 0.05) is 30.1 Å². The predicted molar refractivity (Wildman–Crippen MR) is 105 cm³/mol. The van der Waals surface area contributed by atoms with Crippen molar-refractivity contribution in [3.63, 3.8) is 0 Å². The second kappa shape index (κ2) is 9.17. The number of halogens is 1. The van der Waals surface area contributed by atoms with Crippen molar-refractivity contribution in [3.05, 3.63) is 71.2 Å². The molecule has 0 spiro atoms. The van der Waals surface area contributed by atoms with Crippen molar-refractivity contribution in [1.29, 1.82) is 0 Å². The number of rotatable bonds is 8.